The Labute approximate surface area is 112 Å². The van der Waals surface area contributed by atoms with Gasteiger partial charge >= 0.3 is 0 Å². The Kier molecular flexibility index (Phi) is 5.56. The molecule has 1 aromatic rings. The quantitative estimate of drug-likeness (QED) is 0.758. The summed E-state index contributed by atoms with van der Waals surface area (Å²) in [5.41, 5.74) is 0.894. The lowest BCUT2D eigenvalue weighted by Gasteiger charge is -2.08. The molecule has 96 valence electrons. The van der Waals surface area contributed by atoms with Crippen LogP contribution in [0, 0.1) is 0 Å². The molecule has 1 rings (SSSR count). The molecule has 0 saturated carbocycles. The first-order chi connectivity index (χ1) is 7.98. The lowest BCUT2D eigenvalue weighted by molar-refractivity contribution is 0.341. The molecule has 0 radical (unpaired) electrons. The lowest BCUT2D eigenvalue weighted by Crippen LogP contribution is -2.15. The van der Waals surface area contributed by atoms with Gasteiger partial charge in [0.1, 0.15) is 12.4 Å². The van der Waals surface area contributed by atoms with Gasteiger partial charge in [0.15, 0.2) is 9.84 Å². The average molecular weight is 297 g/mol. The van der Waals surface area contributed by atoms with Crippen LogP contribution in [0.1, 0.15) is 12.5 Å². The van der Waals surface area contributed by atoms with E-state index in [1.54, 1.807) is 25.1 Å². The topological polar surface area (TPSA) is 43.4 Å². The summed E-state index contributed by atoms with van der Waals surface area (Å²) in [6, 6.07) is 5.19. The number of benzene rings is 1. The maximum Gasteiger partial charge on any atom is 0.153 e. The molecule has 0 N–H and O–H groups in total. The van der Waals surface area contributed by atoms with E-state index in [0.717, 1.165) is 5.56 Å². The summed E-state index contributed by atoms with van der Waals surface area (Å²) in [7, 11) is -3.00. The second kappa shape index (κ2) is 6.47. The molecule has 0 fully saturated rings. The van der Waals surface area contributed by atoms with Crippen LogP contribution in [0.15, 0.2) is 18.2 Å². The predicted molar refractivity (Wildman–Crippen MR) is 70.8 cm³/mol. The van der Waals surface area contributed by atoms with Gasteiger partial charge in [-0.2, -0.15) is 0 Å². The van der Waals surface area contributed by atoms with Crippen LogP contribution in [-0.2, 0) is 15.7 Å². The number of rotatable bonds is 6. The van der Waals surface area contributed by atoms with E-state index in [-0.39, 0.29) is 18.1 Å². The van der Waals surface area contributed by atoms with Gasteiger partial charge in [-0.05, 0) is 17.7 Å². The Hall–Kier alpha value is -0.450. The van der Waals surface area contributed by atoms with Crippen molar-refractivity contribution in [2.24, 2.45) is 0 Å². The monoisotopic (exact) mass is 296 g/mol. The standard InChI is InChI=1S/C11H14Cl2O3S/c1-2-17(14,15)6-5-16-11-4-3-9(8-12)7-10(11)13/h3-4,7H,2,5-6,8H2,1H3. The molecule has 17 heavy (non-hydrogen) atoms. The minimum atomic E-state index is -3.00. The van der Waals surface area contributed by atoms with Crippen LogP contribution in [0.3, 0.4) is 0 Å². The van der Waals surface area contributed by atoms with Gasteiger partial charge in [0.25, 0.3) is 0 Å². The van der Waals surface area contributed by atoms with Crippen LogP contribution in [0.2, 0.25) is 5.02 Å². The molecule has 0 spiro atoms. The van der Waals surface area contributed by atoms with Crippen molar-refractivity contribution in [3.8, 4) is 5.75 Å². The van der Waals surface area contributed by atoms with Gasteiger partial charge in [-0.3, -0.25) is 0 Å². The smallest absolute Gasteiger partial charge is 0.153 e. The first kappa shape index (κ1) is 14.6. The molecular weight excluding hydrogens is 283 g/mol. The number of sulfone groups is 1. The van der Waals surface area contributed by atoms with E-state index >= 15 is 0 Å². The molecule has 0 unspecified atom stereocenters. The SMILES string of the molecule is CCS(=O)(=O)CCOc1ccc(CCl)cc1Cl. The minimum absolute atomic E-state index is 0.00289. The maximum absolute atomic E-state index is 11.2. The van der Waals surface area contributed by atoms with Crippen molar-refractivity contribution in [2.45, 2.75) is 12.8 Å². The second-order valence-corrected chi connectivity index (χ2v) is 6.63. The minimum Gasteiger partial charge on any atom is -0.491 e. The van der Waals surface area contributed by atoms with E-state index in [2.05, 4.69) is 0 Å². The largest absolute Gasteiger partial charge is 0.491 e. The molecule has 0 aliphatic heterocycles. The zero-order chi connectivity index (χ0) is 12.9. The third-order valence-corrected chi connectivity index (χ3v) is 4.51. The first-order valence-electron chi connectivity index (χ1n) is 5.16. The van der Waals surface area contributed by atoms with Crippen molar-refractivity contribution < 1.29 is 13.2 Å². The van der Waals surface area contributed by atoms with Crippen molar-refractivity contribution in [3.05, 3.63) is 28.8 Å². The van der Waals surface area contributed by atoms with Gasteiger partial charge in [0.05, 0.1) is 10.8 Å². The molecule has 1 aromatic carbocycles. The number of hydrogen-bond donors (Lipinski definition) is 0. The van der Waals surface area contributed by atoms with E-state index in [4.69, 9.17) is 27.9 Å². The van der Waals surface area contributed by atoms with Gasteiger partial charge in [-0.25, -0.2) is 8.42 Å². The number of alkyl halides is 1. The Morgan fingerprint density at radius 3 is 2.59 bits per heavy atom. The Morgan fingerprint density at radius 1 is 1.35 bits per heavy atom. The summed E-state index contributed by atoms with van der Waals surface area (Å²) >= 11 is 11.6. The van der Waals surface area contributed by atoms with Crippen LogP contribution >= 0.6 is 23.2 Å². The van der Waals surface area contributed by atoms with E-state index in [1.165, 1.54) is 0 Å². The third kappa shape index (κ3) is 4.74. The van der Waals surface area contributed by atoms with E-state index in [0.29, 0.717) is 16.7 Å². The average Bonchev–Trinajstić information content (AvgIpc) is 2.31. The van der Waals surface area contributed by atoms with E-state index in [1.807, 2.05) is 0 Å². The Bertz CT molecular complexity index is 472. The molecule has 0 atom stereocenters. The zero-order valence-electron chi connectivity index (χ0n) is 9.45. The van der Waals surface area contributed by atoms with Gasteiger partial charge < -0.3 is 4.74 Å². The molecule has 0 saturated heterocycles. The van der Waals surface area contributed by atoms with Gasteiger partial charge in [0.2, 0.25) is 0 Å². The summed E-state index contributed by atoms with van der Waals surface area (Å²) in [5.74, 6) is 0.975. The number of ether oxygens (including phenoxy) is 1. The molecule has 0 heterocycles. The molecule has 0 aliphatic carbocycles. The highest BCUT2D eigenvalue weighted by Gasteiger charge is 2.08. The summed E-state index contributed by atoms with van der Waals surface area (Å²) in [5, 5.41) is 0.442. The summed E-state index contributed by atoms with van der Waals surface area (Å²) in [4.78, 5) is 0. The molecule has 0 bridgehead atoms. The Morgan fingerprint density at radius 2 is 2.06 bits per heavy atom. The fourth-order valence-electron chi connectivity index (χ4n) is 1.17. The fourth-order valence-corrected chi connectivity index (χ4v) is 2.22. The lowest BCUT2D eigenvalue weighted by atomic mass is 10.2. The first-order valence-corrected chi connectivity index (χ1v) is 7.89. The normalized spacial score (nSPS) is 11.5. The van der Waals surface area contributed by atoms with Gasteiger partial charge in [0, 0.05) is 11.6 Å². The zero-order valence-corrected chi connectivity index (χ0v) is 11.8. The Balaban J connectivity index is 2.58. The van der Waals surface area contributed by atoms with Crippen LogP contribution in [0.4, 0.5) is 0 Å². The summed E-state index contributed by atoms with van der Waals surface area (Å²) in [6.45, 7) is 1.72. The third-order valence-electron chi connectivity index (χ3n) is 2.24. The second-order valence-electron chi connectivity index (χ2n) is 3.48. The van der Waals surface area contributed by atoms with Crippen molar-refractivity contribution in [2.75, 3.05) is 18.1 Å². The number of halogens is 2. The molecule has 0 amide bonds. The van der Waals surface area contributed by atoms with E-state index < -0.39 is 9.84 Å². The van der Waals surface area contributed by atoms with Crippen LogP contribution in [0.25, 0.3) is 0 Å². The van der Waals surface area contributed by atoms with Crippen molar-refractivity contribution in [1.29, 1.82) is 0 Å². The van der Waals surface area contributed by atoms with Crippen LogP contribution < -0.4 is 4.74 Å². The van der Waals surface area contributed by atoms with E-state index in [9.17, 15) is 8.42 Å². The summed E-state index contributed by atoms with van der Waals surface area (Å²) in [6.07, 6.45) is 0. The highest BCUT2D eigenvalue weighted by atomic mass is 35.5. The van der Waals surface area contributed by atoms with Crippen molar-refractivity contribution in [3.63, 3.8) is 0 Å². The maximum atomic E-state index is 11.2. The highest BCUT2D eigenvalue weighted by Crippen LogP contribution is 2.26. The van der Waals surface area contributed by atoms with Crippen LogP contribution in [-0.4, -0.2) is 26.5 Å². The molecule has 0 aromatic heterocycles. The number of hydrogen-bond acceptors (Lipinski definition) is 3. The summed E-state index contributed by atoms with van der Waals surface area (Å²) < 4.78 is 27.8. The highest BCUT2D eigenvalue weighted by molar-refractivity contribution is 7.91. The predicted octanol–water partition coefficient (Wildman–Crippen LogP) is 2.89. The van der Waals surface area contributed by atoms with Gasteiger partial charge in [-0.1, -0.05) is 24.6 Å². The fraction of sp³-hybridized carbons (Fsp3) is 0.455. The van der Waals surface area contributed by atoms with Crippen LogP contribution in [0.5, 0.6) is 5.75 Å². The molecule has 3 nitrogen and oxygen atoms in total. The van der Waals surface area contributed by atoms with Crippen molar-refractivity contribution >= 4 is 33.0 Å². The molecule has 0 aliphatic rings. The van der Waals surface area contributed by atoms with Gasteiger partial charge in [-0.15, -0.1) is 11.6 Å². The van der Waals surface area contributed by atoms with Crippen molar-refractivity contribution in [1.82, 2.24) is 0 Å². The molecule has 6 heteroatoms. The molecular formula is C11H14Cl2O3S.